The zero-order valence-corrected chi connectivity index (χ0v) is 11.0. The van der Waals surface area contributed by atoms with Crippen molar-refractivity contribution < 1.29 is 4.42 Å². The van der Waals surface area contributed by atoms with E-state index < -0.39 is 0 Å². The summed E-state index contributed by atoms with van der Waals surface area (Å²) in [4.78, 5) is 9.66. The molecular formula is C12H15N3OS. The number of hydrogen-bond acceptors (Lipinski definition) is 5. The monoisotopic (exact) mass is 249 g/mol. The Labute approximate surface area is 105 Å². The van der Waals surface area contributed by atoms with E-state index in [0.717, 1.165) is 33.5 Å². The predicted molar refractivity (Wildman–Crippen MR) is 68.5 cm³/mol. The van der Waals surface area contributed by atoms with Gasteiger partial charge in [0.2, 0.25) is 0 Å². The molecular weight excluding hydrogens is 234 g/mol. The van der Waals surface area contributed by atoms with Gasteiger partial charge in [0.25, 0.3) is 0 Å². The molecule has 0 amide bonds. The summed E-state index contributed by atoms with van der Waals surface area (Å²) in [7, 11) is 1.87. The molecule has 0 saturated carbocycles. The standard InChI is InChI=1S/C12H15N3OS/c1-4-9-11(13-3)14-7-15-12(9)17-10-5-6-16-8(10)2/h5-7H,4H2,1-3H3,(H,13,14,15). The smallest absolute Gasteiger partial charge is 0.133 e. The Bertz CT molecular complexity index is 510. The van der Waals surface area contributed by atoms with Gasteiger partial charge in [0, 0.05) is 12.6 Å². The number of hydrogen-bond donors (Lipinski definition) is 1. The molecule has 0 radical (unpaired) electrons. The molecule has 2 rings (SSSR count). The fraction of sp³-hybridized carbons (Fsp3) is 0.333. The first-order valence-corrected chi connectivity index (χ1v) is 6.31. The van der Waals surface area contributed by atoms with Crippen molar-refractivity contribution in [1.82, 2.24) is 9.97 Å². The Morgan fingerprint density at radius 3 is 2.82 bits per heavy atom. The van der Waals surface area contributed by atoms with Crippen LogP contribution in [-0.2, 0) is 6.42 Å². The van der Waals surface area contributed by atoms with Crippen molar-refractivity contribution in [2.24, 2.45) is 0 Å². The summed E-state index contributed by atoms with van der Waals surface area (Å²) < 4.78 is 5.29. The second-order valence-corrected chi connectivity index (χ2v) is 4.58. The Hall–Kier alpha value is -1.49. The molecule has 1 N–H and O–H groups in total. The van der Waals surface area contributed by atoms with Gasteiger partial charge in [-0.05, 0) is 19.4 Å². The lowest BCUT2D eigenvalue weighted by molar-refractivity contribution is 0.527. The fourth-order valence-corrected chi connectivity index (χ4v) is 2.59. The van der Waals surface area contributed by atoms with Gasteiger partial charge < -0.3 is 9.73 Å². The summed E-state index contributed by atoms with van der Waals surface area (Å²) in [5, 5.41) is 4.08. The molecule has 0 aliphatic carbocycles. The minimum Gasteiger partial charge on any atom is -0.468 e. The zero-order valence-electron chi connectivity index (χ0n) is 10.2. The molecule has 0 aliphatic rings. The van der Waals surface area contributed by atoms with Crippen molar-refractivity contribution in [2.75, 3.05) is 12.4 Å². The molecule has 0 spiro atoms. The topological polar surface area (TPSA) is 51.0 Å². The van der Waals surface area contributed by atoms with Crippen LogP contribution in [0.1, 0.15) is 18.2 Å². The molecule has 2 heterocycles. The molecule has 90 valence electrons. The molecule has 0 fully saturated rings. The van der Waals surface area contributed by atoms with Gasteiger partial charge in [-0.25, -0.2) is 9.97 Å². The number of aromatic nitrogens is 2. The van der Waals surface area contributed by atoms with Gasteiger partial charge >= 0.3 is 0 Å². The molecule has 4 nitrogen and oxygen atoms in total. The molecule has 0 saturated heterocycles. The molecule has 0 atom stereocenters. The summed E-state index contributed by atoms with van der Waals surface area (Å²) in [6.45, 7) is 4.06. The average molecular weight is 249 g/mol. The summed E-state index contributed by atoms with van der Waals surface area (Å²) in [6, 6.07) is 1.96. The van der Waals surface area contributed by atoms with E-state index in [-0.39, 0.29) is 0 Å². The Morgan fingerprint density at radius 1 is 1.41 bits per heavy atom. The summed E-state index contributed by atoms with van der Waals surface area (Å²) in [5.74, 6) is 1.81. The van der Waals surface area contributed by atoms with Gasteiger partial charge in [0.05, 0.1) is 11.2 Å². The highest BCUT2D eigenvalue weighted by molar-refractivity contribution is 7.99. The highest BCUT2D eigenvalue weighted by Crippen LogP contribution is 2.33. The van der Waals surface area contributed by atoms with Crippen LogP contribution in [0.2, 0.25) is 0 Å². The first-order chi connectivity index (χ1) is 8.26. The summed E-state index contributed by atoms with van der Waals surface area (Å²) in [6.07, 6.45) is 4.18. The minimum atomic E-state index is 0.895. The van der Waals surface area contributed by atoms with Crippen LogP contribution in [0.25, 0.3) is 0 Å². The van der Waals surface area contributed by atoms with Crippen LogP contribution in [0.3, 0.4) is 0 Å². The van der Waals surface area contributed by atoms with Crippen molar-refractivity contribution in [3.63, 3.8) is 0 Å². The largest absolute Gasteiger partial charge is 0.468 e. The molecule has 0 aromatic carbocycles. The third kappa shape index (κ3) is 2.44. The molecule has 0 bridgehead atoms. The lowest BCUT2D eigenvalue weighted by Gasteiger charge is -2.09. The molecule has 17 heavy (non-hydrogen) atoms. The van der Waals surface area contributed by atoms with Crippen molar-refractivity contribution in [2.45, 2.75) is 30.2 Å². The third-order valence-electron chi connectivity index (χ3n) is 2.51. The van der Waals surface area contributed by atoms with E-state index in [9.17, 15) is 0 Å². The van der Waals surface area contributed by atoms with Gasteiger partial charge in [-0.2, -0.15) is 0 Å². The molecule has 2 aromatic heterocycles. The SMILES string of the molecule is CCc1c(NC)ncnc1Sc1ccoc1C. The van der Waals surface area contributed by atoms with E-state index in [1.54, 1.807) is 24.4 Å². The van der Waals surface area contributed by atoms with Crippen molar-refractivity contribution in [1.29, 1.82) is 0 Å². The number of nitrogens with one attached hydrogen (secondary N) is 1. The van der Waals surface area contributed by atoms with Gasteiger partial charge in [0.1, 0.15) is 22.9 Å². The Kier molecular flexibility index (Phi) is 3.68. The minimum absolute atomic E-state index is 0.895. The normalized spacial score (nSPS) is 10.5. The van der Waals surface area contributed by atoms with Gasteiger partial charge in [-0.1, -0.05) is 18.7 Å². The zero-order chi connectivity index (χ0) is 12.3. The van der Waals surface area contributed by atoms with Crippen LogP contribution in [-0.4, -0.2) is 17.0 Å². The fourth-order valence-electron chi connectivity index (χ4n) is 1.60. The first kappa shape index (κ1) is 12.0. The number of anilines is 1. The van der Waals surface area contributed by atoms with Crippen LogP contribution in [0.4, 0.5) is 5.82 Å². The summed E-state index contributed by atoms with van der Waals surface area (Å²) in [5.41, 5.74) is 1.14. The molecule has 2 aromatic rings. The highest BCUT2D eigenvalue weighted by Gasteiger charge is 2.12. The number of nitrogens with zero attached hydrogens (tertiary/aromatic N) is 2. The van der Waals surface area contributed by atoms with E-state index >= 15 is 0 Å². The molecule has 5 heteroatoms. The van der Waals surface area contributed by atoms with Crippen molar-refractivity contribution >= 4 is 17.6 Å². The van der Waals surface area contributed by atoms with E-state index in [2.05, 4.69) is 22.2 Å². The maximum atomic E-state index is 5.29. The lowest BCUT2D eigenvalue weighted by Crippen LogP contribution is -2.01. The van der Waals surface area contributed by atoms with E-state index in [0.29, 0.717) is 0 Å². The van der Waals surface area contributed by atoms with E-state index in [1.807, 2.05) is 20.0 Å². The predicted octanol–water partition coefficient (Wildman–Crippen LogP) is 3.13. The highest BCUT2D eigenvalue weighted by atomic mass is 32.2. The van der Waals surface area contributed by atoms with Crippen LogP contribution in [0.15, 0.2) is 33.0 Å². The molecule has 0 aliphatic heterocycles. The average Bonchev–Trinajstić information content (AvgIpc) is 2.74. The number of furan rings is 1. The molecule has 0 unspecified atom stereocenters. The quantitative estimate of drug-likeness (QED) is 0.844. The van der Waals surface area contributed by atoms with Crippen LogP contribution < -0.4 is 5.32 Å². The lowest BCUT2D eigenvalue weighted by atomic mass is 10.2. The summed E-state index contributed by atoms with van der Waals surface area (Å²) >= 11 is 1.62. The maximum absolute atomic E-state index is 5.29. The first-order valence-electron chi connectivity index (χ1n) is 5.49. The van der Waals surface area contributed by atoms with Crippen LogP contribution in [0, 0.1) is 6.92 Å². The van der Waals surface area contributed by atoms with Gasteiger partial charge in [0.15, 0.2) is 0 Å². The Morgan fingerprint density at radius 2 is 2.24 bits per heavy atom. The van der Waals surface area contributed by atoms with Gasteiger partial charge in [-0.3, -0.25) is 0 Å². The van der Waals surface area contributed by atoms with Crippen LogP contribution in [0.5, 0.6) is 0 Å². The Balaban J connectivity index is 2.36. The van der Waals surface area contributed by atoms with Crippen molar-refractivity contribution in [3.8, 4) is 0 Å². The van der Waals surface area contributed by atoms with Gasteiger partial charge in [-0.15, -0.1) is 0 Å². The van der Waals surface area contributed by atoms with E-state index in [4.69, 9.17) is 4.42 Å². The maximum Gasteiger partial charge on any atom is 0.133 e. The number of aryl methyl sites for hydroxylation is 1. The second-order valence-electron chi connectivity index (χ2n) is 3.55. The second kappa shape index (κ2) is 5.23. The number of rotatable bonds is 4. The van der Waals surface area contributed by atoms with Crippen LogP contribution >= 0.6 is 11.8 Å². The third-order valence-corrected chi connectivity index (χ3v) is 3.70. The van der Waals surface area contributed by atoms with E-state index in [1.165, 1.54) is 0 Å². The van der Waals surface area contributed by atoms with Crippen molar-refractivity contribution in [3.05, 3.63) is 30.0 Å².